The van der Waals surface area contributed by atoms with Gasteiger partial charge in [0.05, 0.1) is 5.60 Å². The van der Waals surface area contributed by atoms with Gasteiger partial charge in [0.15, 0.2) is 0 Å². The summed E-state index contributed by atoms with van der Waals surface area (Å²) in [6.07, 6.45) is 3.64. The molecule has 1 aromatic carbocycles. The van der Waals surface area contributed by atoms with E-state index in [0.29, 0.717) is 6.54 Å². The molecule has 1 aliphatic carbocycles. The summed E-state index contributed by atoms with van der Waals surface area (Å²) in [6, 6.07) is 7.77. The second-order valence-corrected chi connectivity index (χ2v) is 5.21. The number of nitrogens with zero attached hydrogens (tertiary/aromatic N) is 1. The summed E-state index contributed by atoms with van der Waals surface area (Å²) in [7, 11) is 0. The van der Waals surface area contributed by atoms with E-state index in [1.54, 1.807) is 0 Å². The third-order valence-electron chi connectivity index (χ3n) is 3.96. The van der Waals surface area contributed by atoms with E-state index in [4.69, 9.17) is 0 Å². The van der Waals surface area contributed by atoms with E-state index < -0.39 is 5.60 Å². The molecule has 3 rings (SSSR count). The molecule has 1 amide bonds. The van der Waals surface area contributed by atoms with E-state index in [1.807, 2.05) is 29.2 Å². The van der Waals surface area contributed by atoms with E-state index >= 15 is 0 Å². The fourth-order valence-corrected chi connectivity index (χ4v) is 2.72. The molecule has 0 unspecified atom stereocenters. The minimum Gasteiger partial charge on any atom is -0.388 e. The molecular formula is C14H17NO2. The summed E-state index contributed by atoms with van der Waals surface area (Å²) in [6.45, 7) is 1.23. The number of aliphatic hydroxyl groups is 1. The largest absolute Gasteiger partial charge is 0.388 e. The lowest BCUT2D eigenvalue weighted by Gasteiger charge is -2.41. The van der Waals surface area contributed by atoms with Crippen molar-refractivity contribution < 1.29 is 9.90 Å². The predicted molar refractivity (Wildman–Crippen MR) is 64.9 cm³/mol. The maximum absolute atomic E-state index is 12.2. The molecule has 0 aromatic heterocycles. The molecule has 2 aliphatic rings. The summed E-state index contributed by atoms with van der Waals surface area (Å²) in [5, 5.41) is 10.1. The Bertz CT molecular complexity index is 451. The number of amides is 1. The minimum absolute atomic E-state index is 0.0761. The zero-order chi connectivity index (χ0) is 11.9. The Balaban J connectivity index is 1.79. The molecule has 90 valence electrons. The summed E-state index contributed by atoms with van der Waals surface area (Å²) in [5.74, 6) is 0.0761. The molecule has 0 atom stereocenters. The molecule has 1 aromatic rings. The van der Waals surface area contributed by atoms with Crippen molar-refractivity contribution in [3.8, 4) is 0 Å². The van der Waals surface area contributed by atoms with Crippen LogP contribution >= 0.6 is 0 Å². The molecule has 3 heteroatoms. The van der Waals surface area contributed by atoms with Crippen molar-refractivity contribution in [1.82, 2.24) is 4.90 Å². The minimum atomic E-state index is -0.609. The van der Waals surface area contributed by atoms with Gasteiger partial charge in [-0.3, -0.25) is 4.79 Å². The zero-order valence-corrected chi connectivity index (χ0v) is 9.85. The van der Waals surface area contributed by atoms with E-state index in [9.17, 15) is 9.90 Å². The zero-order valence-electron chi connectivity index (χ0n) is 9.85. The smallest absolute Gasteiger partial charge is 0.254 e. The number of benzene rings is 1. The molecule has 1 saturated carbocycles. The van der Waals surface area contributed by atoms with Gasteiger partial charge in [0, 0.05) is 18.7 Å². The molecule has 1 N–H and O–H groups in total. The van der Waals surface area contributed by atoms with Crippen LogP contribution in [0.5, 0.6) is 0 Å². The fraction of sp³-hybridized carbons (Fsp3) is 0.500. The van der Waals surface area contributed by atoms with Crippen molar-refractivity contribution in [1.29, 1.82) is 0 Å². The lowest BCUT2D eigenvalue weighted by atomic mass is 9.79. The Hall–Kier alpha value is -1.35. The first-order valence-corrected chi connectivity index (χ1v) is 6.28. The standard InChI is InChI=1S/C14H17NO2/c16-13-12-5-2-1-4-11(12)6-9-15(13)10-14(17)7-3-8-14/h1-2,4-5,17H,3,6-10H2. The Morgan fingerprint density at radius 1 is 1.29 bits per heavy atom. The SMILES string of the molecule is O=C1c2ccccc2CCN1CC1(O)CCC1. The van der Waals surface area contributed by atoms with Crippen molar-refractivity contribution in [2.45, 2.75) is 31.3 Å². The summed E-state index contributed by atoms with van der Waals surface area (Å²) >= 11 is 0. The average molecular weight is 231 g/mol. The van der Waals surface area contributed by atoms with Crippen LogP contribution in [0.15, 0.2) is 24.3 Å². The van der Waals surface area contributed by atoms with Gasteiger partial charge in [-0.1, -0.05) is 18.2 Å². The van der Waals surface area contributed by atoms with E-state index in [0.717, 1.165) is 43.4 Å². The Labute approximate surface area is 101 Å². The van der Waals surface area contributed by atoms with Gasteiger partial charge < -0.3 is 10.0 Å². The Morgan fingerprint density at radius 2 is 2.06 bits per heavy atom. The highest BCUT2D eigenvalue weighted by molar-refractivity contribution is 5.96. The number of carbonyl (C=O) groups excluding carboxylic acids is 1. The molecule has 1 heterocycles. The average Bonchev–Trinajstić information content (AvgIpc) is 2.31. The second kappa shape index (κ2) is 3.84. The summed E-state index contributed by atoms with van der Waals surface area (Å²) in [4.78, 5) is 14.1. The highest BCUT2D eigenvalue weighted by atomic mass is 16.3. The van der Waals surface area contributed by atoms with E-state index in [-0.39, 0.29) is 5.91 Å². The van der Waals surface area contributed by atoms with Crippen molar-refractivity contribution in [2.24, 2.45) is 0 Å². The van der Waals surface area contributed by atoms with Crippen LogP contribution in [0.2, 0.25) is 0 Å². The number of rotatable bonds is 2. The molecule has 0 spiro atoms. The monoisotopic (exact) mass is 231 g/mol. The van der Waals surface area contributed by atoms with Crippen LogP contribution in [0.4, 0.5) is 0 Å². The first kappa shape index (κ1) is 10.8. The molecule has 1 fully saturated rings. The van der Waals surface area contributed by atoms with Gasteiger partial charge in [-0.2, -0.15) is 0 Å². The van der Waals surface area contributed by atoms with Gasteiger partial charge in [-0.05, 0) is 37.3 Å². The summed E-state index contributed by atoms with van der Waals surface area (Å²) < 4.78 is 0. The third kappa shape index (κ3) is 1.84. The normalized spacial score (nSPS) is 21.9. The second-order valence-electron chi connectivity index (χ2n) is 5.21. The topological polar surface area (TPSA) is 40.5 Å². The molecule has 0 radical (unpaired) electrons. The highest BCUT2D eigenvalue weighted by Gasteiger charge is 2.38. The van der Waals surface area contributed by atoms with Crippen LogP contribution in [0.3, 0.4) is 0 Å². The molecular weight excluding hydrogens is 214 g/mol. The lowest BCUT2D eigenvalue weighted by molar-refractivity contribution is -0.0540. The third-order valence-corrected chi connectivity index (χ3v) is 3.96. The molecule has 0 bridgehead atoms. The van der Waals surface area contributed by atoms with Gasteiger partial charge in [0.2, 0.25) is 0 Å². The molecule has 0 saturated heterocycles. The van der Waals surface area contributed by atoms with E-state index in [1.165, 1.54) is 0 Å². The van der Waals surface area contributed by atoms with Crippen molar-refractivity contribution in [3.05, 3.63) is 35.4 Å². The maximum Gasteiger partial charge on any atom is 0.254 e. The van der Waals surface area contributed by atoms with Crippen molar-refractivity contribution in [3.63, 3.8) is 0 Å². The van der Waals surface area contributed by atoms with Gasteiger partial charge in [-0.15, -0.1) is 0 Å². The van der Waals surface area contributed by atoms with Crippen LogP contribution < -0.4 is 0 Å². The first-order chi connectivity index (χ1) is 8.18. The number of hydrogen-bond donors (Lipinski definition) is 1. The molecule has 17 heavy (non-hydrogen) atoms. The quantitative estimate of drug-likeness (QED) is 0.840. The molecule has 1 aliphatic heterocycles. The van der Waals surface area contributed by atoms with Gasteiger partial charge in [0.1, 0.15) is 0 Å². The Morgan fingerprint density at radius 3 is 2.76 bits per heavy atom. The fourth-order valence-electron chi connectivity index (χ4n) is 2.72. The molecule has 3 nitrogen and oxygen atoms in total. The Kier molecular flexibility index (Phi) is 2.44. The first-order valence-electron chi connectivity index (χ1n) is 6.28. The number of β-amino-alcohol motifs (C(OH)–C–C–N with tert-alkyl or cyclic N) is 1. The highest BCUT2D eigenvalue weighted by Crippen LogP contribution is 2.33. The van der Waals surface area contributed by atoms with Crippen molar-refractivity contribution >= 4 is 5.91 Å². The van der Waals surface area contributed by atoms with Crippen LogP contribution in [0, 0.1) is 0 Å². The van der Waals surface area contributed by atoms with Crippen LogP contribution in [0.1, 0.15) is 35.2 Å². The number of hydrogen-bond acceptors (Lipinski definition) is 2. The number of fused-ring (bicyclic) bond motifs is 1. The summed E-state index contributed by atoms with van der Waals surface area (Å²) in [5.41, 5.74) is 1.33. The van der Waals surface area contributed by atoms with E-state index in [2.05, 4.69) is 0 Å². The van der Waals surface area contributed by atoms with Gasteiger partial charge in [0.25, 0.3) is 5.91 Å². The van der Waals surface area contributed by atoms with Crippen LogP contribution in [-0.2, 0) is 6.42 Å². The van der Waals surface area contributed by atoms with Crippen LogP contribution in [-0.4, -0.2) is 34.6 Å². The number of carbonyl (C=O) groups is 1. The van der Waals surface area contributed by atoms with Gasteiger partial charge >= 0.3 is 0 Å². The van der Waals surface area contributed by atoms with Gasteiger partial charge in [-0.25, -0.2) is 0 Å². The lowest BCUT2D eigenvalue weighted by Crippen LogP contribution is -2.51. The predicted octanol–water partition coefficient (Wildman–Crippen LogP) is 1.60. The van der Waals surface area contributed by atoms with Crippen LogP contribution in [0.25, 0.3) is 0 Å². The van der Waals surface area contributed by atoms with Crippen molar-refractivity contribution in [2.75, 3.05) is 13.1 Å². The maximum atomic E-state index is 12.2.